The van der Waals surface area contributed by atoms with Gasteiger partial charge in [0.25, 0.3) is 0 Å². The van der Waals surface area contributed by atoms with Crippen LogP contribution >= 0.6 is 0 Å². The molecule has 0 saturated heterocycles. The van der Waals surface area contributed by atoms with E-state index >= 15 is 0 Å². The number of hydrogen-bond acceptors (Lipinski definition) is 5. The number of aromatic hydroxyl groups is 1. The zero-order valence-electron chi connectivity index (χ0n) is 14.2. The van der Waals surface area contributed by atoms with Crippen LogP contribution < -0.4 is 4.74 Å². The number of methoxy groups -OCH3 is 1. The monoisotopic (exact) mass is 326 g/mol. The molecule has 0 aromatic heterocycles. The Balaban J connectivity index is 2.18. The van der Waals surface area contributed by atoms with Gasteiger partial charge in [-0.15, -0.1) is 4.91 Å². The molecule has 0 aliphatic rings. The molecule has 0 bridgehead atoms. The van der Waals surface area contributed by atoms with Crippen LogP contribution in [0.5, 0.6) is 11.5 Å². The van der Waals surface area contributed by atoms with E-state index in [1.54, 1.807) is 13.2 Å². The van der Waals surface area contributed by atoms with Crippen LogP contribution in [0.1, 0.15) is 42.9 Å². The summed E-state index contributed by atoms with van der Waals surface area (Å²) in [5, 5.41) is 21.2. The van der Waals surface area contributed by atoms with Crippen LogP contribution in [0, 0.1) is 10.3 Å². The Morgan fingerprint density at radius 2 is 1.92 bits per heavy atom. The molecule has 0 saturated carbocycles. The molecule has 0 unspecified atom stereocenters. The average molecular weight is 326 g/mol. The predicted molar refractivity (Wildman–Crippen MR) is 95.8 cm³/mol. The van der Waals surface area contributed by atoms with Crippen LogP contribution in [0.2, 0.25) is 0 Å². The second kappa shape index (κ2) is 7.73. The van der Waals surface area contributed by atoms with Gasteiger partial charge in [0, 0.05) is 17.3 Å². The van der Waals surface area contributed by atoms with Gasteiger partial charge in [-0.05, 0) is 53.3 Å². The second-order valence-electron chi connectivity index (χ2n) is 6.00. The van der Waals surface area contributed by atoms with Crippen LogP contribution in [0.4, 0.5) is 5.69 Å². The summed E-state index contributed by atoms with van der Waals surface area (Å²) in [5.41, 5.74) is 2.73. The number of phenolic OH excluding ortho intramolecular Hbond substituents is 1. The first kappa shape index (κ1) is 17.7. The van der Waals surface area contributed by atoms with Crippen molar-refractivity contribution in [1.29, 1.82) is 5.41 Å². The summed E-state index contributed by atoms with van der Waals surface area (Å²) < 4.78 is 5.13. The molecule has 24 heavy (non-hydrogen) atoms. The minimum absolute atomic E-state index is 0.0475. The summed E-state index contributed by atoms with van der Waals surface area (Å²) in [6, 6.07) is 10.7. The van der Waals surface area contributed by atoms with Crippen LogP contribution in [0.15, 0.2) is 41.6 Å². The molecule has 0 atom stereocenters. The molecule has 0 aliphatic heterocycles. The van der Waals surface area contributed by atoms with Gasteiger partial charge in [-0.2, -0.15) is 0 Å². The lowest BCUT2D eigenvalue weighted by Crippen LogP contribution is -2.03. The zero-order chi connectivity index (χ0) is 17.7. The van der Waals surface area contributed by atoms with Crippen LogP contribution in [-0.2, 0) is 6.42 Å². The number of hydrogen-bond donors (Lipinski definition) is 2. The highest BCUT2D eigenvalue weighted by Crippen LogP contribution is 2.33. The van der Waals surface area contributed by atoms with E-state index in [0.717, 1.165) is 11.3 Å². The maximum atomic E-state index is 11.0. The Morgan fingerprint density at radius 1 is 1.25 bits per heavy atom. The molecule has 0 amide bonds. The van der Waals surface area contributed by atoms with Crippen LogP contribution in [0.3, 0.4) is 0 Å². The van der Waals surface area contributed by atoms with Crippen molar-refractivity contribution in [3.05, 3.63) is 58.0 Å². The van der Waals surface area contributed by atoms with Crippen molar-refractivity contribution in [2.75, 3.05) is 7.11 Å². The summed E-state index contributed by atoms with van der Waals surface area (Å²) in [4.78, 5) is 11.0. The molecule has 0 fully saturated rings. The number of aryl methyl sites for hydroxylation is 1. The van der Waals surface area contributed by atoms with Gasteiger partial charge in [0.2, 0.25) is 0 Å². The average Bonchev–Trinajstić information content (AvgIpc) is 2.59. The van der Waals surface area contributed by atoms with E-state index in [9.17, 15) is 10.0 Å². The van der Waals surface area contributed by atoms with Crippen LogP contribution in [0.25, 0.3) is 0 Å². The summed E-state index contributed by atoms with van der Waals surface area (Å²) in [6.07, 6.45) is 1.16. The quantitative estimate of drug-likeness (QED) is 0.559. The van der Waals surface area contributed by atoms with Gasteiger partial charge in [-0.3, -0.25) is 0 Å². The Kier molecular flexibility index (Phi) is 5.68. The molecule has 2 rings (SSSR count). The fraction of sp³-hybridized carbons (Fsp3) is 0.316. The predicted octanol–water partition coefficient (Wildman–Crippen LogP) is 4.92. The molecule has 2 aromatic rings. The molecule has 2 aromatic carbocycles. The number of nitrogens with zero attached hydrogens (tertiary/aromatic N) is 1. The third-order valence-corrected chi connectivity index (χ3v) is 4.01. The minimum atomic E-state index is 0.0475. The molecule has 5 nitrogen and oxygen atoms in total. The van der Waals surface area contributed by atoms with E-state index in [1.807, 2.05) is 38.1 Å². The van der Waals surface area contributed by atoms with Gasteiger partial charge in [0.15, 0.2) is 0 Å². The number of nitrogens with one attached hydrogen (secondary N) is 1. The van der Waals surface area contributed by atoms with Gasteiger partial charge in [0.05, 0.1) is 7.11 Å². The van der Waals surface area contributed by atoms with E-state index in [0.29, 0.717) is 29.7 Å². The fourth-order valence-electron chi connectivity index (χ4n) is 2.57. The molecule has 2 N–H and O–H groups in total. The molecular formula is C19H22N2O3. The molecule has 126 valence electrons. The first-order valence-electron chi connectivity index (χ1n) is 7.87. The van der Waals surface area contributed by atoms with Crippen molar-refractivity contribution in [3.8, 4) is 11.5 Å². The van der Waals surface area contributed by atoms with Gasteiger partial charge < -0.3 is 15.3 Å². The number of phenols is 1. The number of rotatable bonds is 7. The number of ether oxygens (including phenoxy) is 1. The summed E-state index contributed by atoms with van der Waals surface area (Å²) in [7, 11) is 1.62. The van der Waals surface area contributed by atoms with E-state index in [1.165, 1.54) is 6.07 Å². The molecular weight excluding hydrogens is 304 g/mol. The van der Waals surface area contributed by atoms with Crippen molar-refractivity contribution in [3.63, 3.8) is 0 Å². The van der Waals surface area contributed by atoms with E-state index in [4.69, 9.17) is 10.1 Å². The SMILES string of the molecule is COc1ccc(CCC(=N)c2cc(C(C)C)c(O)cc2N=O)cc1. The van der Waals surface area contributed by atoms with Crippen molar-refractivity contribution < 1.29 is 9.84 Å². The van der Waals surface area contributed by atoms with Crippen LogP contribution in [-0.4, -0.2) is 17.9 Å². The topological polar surface area (TPSA) is 82.7 Å². The Morgan fingerprint density at radius 3 is 2.46 bits per heavy atom. The molecule has 0 radical (unpaired) electrons. The van der Waals surface area contributed by atoms with E-state index in [-0.39, 0.29) is 17.4 Å². The lowest BCUT2D eigenvalue weighted by Gasteiger charge is -2.13. The first-order chi connectivity index (χ1) is 11.5. The smallest absolute Gasteiger partial charge is 0.121 e. The standard InChI is InChI=1S/C19H22N2O3/c1-12(2)15-10-16(18(21-23)11-19(15)22)17(20)9-6-13-4-7-14(24-3)8-5-13/h4-5,7-8,10-12,20,22H,6,9H2,1-3H3. The molecule has 0 aliphatic carbocycles. The normalized spacial score (nSPS) is 10.7. The summed E-state index contributed by atoms with van der Waals surface area (Å²) in [5.74, 6) is 0.937. The summed E-state index contributed by atoms with van der Waals surface area (Å²) >= 11 is 0. The summed E-state index contributed by atoms with van der Waals surface area (Å²) in [6.45, 7) is 3.90. The zero-order valence-corrected chi connectivity index (χ0v) is 14.2. The van der Waals surface area contributed by atoms with Gasteiger partial charge in [-0.25, -0.2) is 0 Å². The van der Waals surface area contributed by atoms with E-state index in [2.05, 4.69) is 5.18 Å². The molecule has 0 heterocycles. The first-order valence-corrected chi connectivity index (χ1v) is 7.87. The Labute approximate surface area is 141 Å². The number of nitroso groups, excluding NO2 is 1. The highest BCUT2D eigenvalue weighted by molar-refractivity contribution is 6.03. The lowest BCUT2D eigenvalue weighted by atomic mass is 9.94. The highest BCUT2D eigenvalue weighted by Gasteiger charge is 2.15. The third kappa shape index (κ3) is 3.98. The lowest BCUT2D eigenvalue weighted by molar-refractivity contribution is 0.414. The minimum Gasteiger partial charge on any atom is -0.508 e. The Bertz CT molecular complexity index is 737. The highest BCUT2D eigenvalue weighted by atomic mass is 16.5. The Hall–Kier alpha value is -2.69. The van der Waals surface area contributed by atoms with E-state index < -0.39 is 0 Å². The van der Waals surface area contributed by atoms with Crippen molar-refractivity contribution in [1.82, 2.24) is 0 Å². The van der Waals surface area contributed by atoms with Gasteiger partial charge >= 0.3 is 0 Å². The van der Waals surface area contributed by atoms with Crippen molar-refractivity contribution >= 4 is 11.4 Å². The molecule has 0 spiro atoms. The second-order valence-corrected chi connectivity index (χ2v) is 6.00. The fourth-order valence-corrected chi connectivity index (χ4v) is 2.57. The largest absolute Gasteiger partial charge is 0.508 e. The molecule has 5 heteroatoms. The maximum Gasteiger partial charge on any atom is 0.121 e. The number of benzene rings is 2. The third-order valence-electron chi connectivity index (χ3n) is 4.01. The van der Waals surface area contributed by atoms with Gasteiger partial charge in [-0.1, -0.05) is 26.0 Å². The maximum absolute atomic E-state index is 11.0. The van der Waals surface area contributed by atoms with Crippen molar-refractivity contribution in [2.24, 2.45) is 5.18 Å². The van der Waals surface area contributed by atoms with Crippen molar-refractivity contribution in [2.45, 2.75) is 32.6 Å². The van der Waals surface area contributed by atoms with Gasteiger partial charge in [0.1, 0.15) is 17.2 Å².